The molecule has 1 atom stereocenters. The maximum absolute atomic E-state index is 5.72. The fraction of sp³-hybridized carbons (Fsp3) is 0.357. The van der Waals surface area contributed by atoms with E-state index >= 15 is 0 Å². The van der Waals surface area contributed by atoms with Gasteiger partial charge in [0.05, 0.1) is 5.52 Å². The van der Waals surface area contributed by atoms with Crippen molar-refractivity contribution in [3.05, 3.63) is 35.4 Å². The van der Waals surface area contributed by atoms with Gasteiger partial charge in [-0.15, -0.1) is 0 Å². The molecule has 0 aliphatic rings. The Labute approximate surface area is 102 Å². The Kier molecular flexibility index (Phi) is 3.29. The molecule has 0 fully saturated rings. The van der Waals surface area contributed by atoms with Gasteiger partial charge < -0.3 is 11.1 Å². The van der Waals surface area contributed by atoms with Gasteiger partial charge in [0.15, 0.2) is 0 Å². The first-order valence-electron chi connectivity index (χ1n) is 5.94. The molecule has 1 heterocycles. The van der Waals surface area contributed by atoms with Crippen molar-refractivity contribution in [3.63, 3.8) is 0 Å². The van der Waals surface area contributed by atoms with Crippen LogP contribution in [0.25, 0.3) is 10.9 Å². The van der Waals surface area contributed by atoms with Crippen LogP contribution in [0.1, 0.15) is 18.1 Å². The minimum absolute atomic E-state index is 0.130. The van der Waals surface area contributed by atoms with Crippen molar-refractivity contribution < 1.29 is 0 Å². The topological polar surface area (TPSA) is 50.9 Å². The number of hydrogen-bond acceptors (Lipinski definition) is 3. The van der Waals surface area contributed by atoms with E-state index in [1.54, 1.807) is 0 Å². The SMILES string of the molecule is Cc1ccc2nc(NCC(C)N)cc(C)c2c1. The third kappa shape index (κ3) is 2.74. The number of hydrogen-bond donors (Lipinski definition) is 2. The molecule has 1 unspecified atom stereocenters. The lowest BCUT2D eigenvalue weighted by Gasteiger charge is -2.11. The molecule has 1 aromatic carbocycles. The summed E-state index contributed by atoms with van der Waals surface area (Å²) in [4.78, 5) is 4.58. The van der Waals surface area contributed by atoms with E-state index in [1.165, 1.54) is 16.5 Å². The number of aromatic nitrogens is 1. The van der Waals surface area contributed by atoms with Crippen LogP contribution < -0.4 is 11.1 Å². The predicted molar refractivity (Wildman–Crippen MR) is 73.4 cm³/mol. The number of nitrogens with one attached hydrogen (secondary N) is 1. The van der Waals surface area contributed by atoms with Crippen LogP contribution in [-0.2, 0) is 0 Å². The van der Waals surface area contributed by atoms with Crippen LogP contribution in [0.2, 0.25) is 0 Å². The smallest absolute Gasteiger partial charge is 0.126 e. The molecule has 0 saturated carbocycles. The second-order valence-electron chi connectivity index (χ2n) is 4.70. The van der Waals surface area contributed by atoms with Gasteiger partial charge in [-0.2, -0.15) is 0 Å². The quantitative estimate of drug-likeness (QED) is 0.850. The Bertz CT molecular complexity index is 532. The van der Waals surface area contributed by atoms with Gasteiger partial charge in [0.25, 0.3) is 0 Å². The first-order chi connectivity index (χ1) is 8.06. The van der Waals surface area contributed by atoms with Crippen molar-refractivity contribution in [2.75, 3.05) is 11.9 Å². The number of aryl methyl sites for hydroxylation is 2. The monoisotopic (exact) mass is 229 g/mol. The molecule has 3 N–H and O–H groups in total. The van der Waals surface area contributed by atoms with E-state index in [4.69, 9.17) is 5.73 Å². The molecule has 2 rings (SSSR count). The highest BCUT2D eigenvalue weighted by Crippen LogP contribution is 2.21. The molecule has 3 nitrogen and oxygen atoms in total. The third-order valence-corrected chi connectivity index (χ3v) is 2.78. The molecule has 2 aromatic rings. The van der Waals surface area contributed by atoms with E-state index in [1.807, 2.05) is 6.92 Å². The number of nitrogens with zero attached hydrogens (tertiary/aromatic N) is 1. The maximum Gasteiger partial charge on any atom is 0.126 e. The van der Waals surface area contributed by atoms with Crippen LogP contribution in [0.4, 0.5) is 5.82 Å². The highest BCUT2D eigenvalue weighted by Gasteiger charge is 2.03. The average molecular weight is 229 g/mol. The van der Waals surface area contributed by atoms with E-state index < -0.39 is 0 Å². The fourth-order valence-corrected chi connectivity index (χ4v) is 1.86. The van der Waals surface area contributed by atoms with Gasteiger partial charge in [0, 0.05) is 18.0 Å². The van der Waals surface area contributed by atoms with E-state index in [0.717, 1.165) is 17.9 Å². The first kappa shape index (κ1) is 11.9. The van der Waals surface area contributed by atoms with Gasteiger partial charge in [-0.1, -0.05) is 11.6 Å². The van der Waals surface area contributed by atoms with Gasteiger partial charge in [-0.25, -0.2) is 4.98 Å². The lowest BCUT2D eigenvalue weighted by atomic mass is 10.1. The summed E-state index contributed by atoms with van der Waals surface area (Å²) in [6.07, 6.45) is 0. The molecular weight excluding hydrogens is 210 g/mol. The van der Waals surface area contributed by atoms with Gasteiger partial charge in [0.1, 0.15) is 5.82 Å². The minimum Gasteiger partial charge on any atom is -0.369 e. The third-order valence-electron chi connectivity index (χ3n) is 2.78. The summed E-state index contributed by atoms with van der Waals surface area (Å²) in [6.45, 7) is 6.93. The Hall–Kier alpha value is -1.61. The van der Waals surface area contributed by atoms with Crippen molar-refractivity contribution in [3.8, 4) is 0 Å². The molecule has 0 saturated heterocycles. The molecule has 0 bridgehead atoms. The van der Waals surface area contributed by atoms with Crippen LogP contribution >= 0.6 is 0 Å². The van der Waals surface area contributed by atoms with Crippen molar-refractivity contribution in [1.82, 2.24) is 4.98 Å². The molecule has 0 aliphatic carbocycles. The minimum atomic E-state index is 0.130. The number of pyridine rings is 1. The first-order valence-corrected chi connectivity index (χ1v) is 5.94. The highest BCUT2D eigenvalue weighted by atomic mass is 15.0. The zero-order valence-electron chi connectivity index (χ0n) is 10.6. The predicted octanol–water partition coefficient (Wildman–Crippen LogP) is 2.61. The lowest BCUT2D eigenvalue weighted by Crippen LogP contribution is -2.25. The second-order valence-corrected chi connectivity index (χ2v) is 4.70. The van der Waals surface area contributed by atoms with Crippen molar-refractivity contribution in [2.24, 2.45) is 5.73 Å². The summed E-state index contributed by atoms with van der Waals surface area (Å²) in [7, 11) is 0. The maximum atomic E-state index is 5.72. The van der Waals surface area contributed by atoms with E-state index in [-0.39, 0.29) is 6.04 Å². The number of benzene rings is 1. The van der Waals surface area contributed by atoms with Gasteiger partial charge in [-0.05, 0) is 44.5 Å². The van der Waals surface area contributed by atoms with Gasteiger partial charge in [0.2, 0.25) is 0 Å². The Balaban J connectivity index is 2.38. The van der Waals surface area contributed by atoms with Crippen molar-refractivity contribution >= 4 is 16.7 Å². The van der Waals surface area contributed by atoms with Crippen LogP contribution in [-0.4, -0.2) is 17.6 Å². The zero-order valence-corrected chi connectivity index (χ0v) is 10.6. The summed E-state index contributed by atoms with van der Waals surface area (Å²) in [5.74, 6) is 0.899. The van der Waals surface area contributed by atoms with Crippen molar-refractivity contribution in [2.45, 2.75) is 26.8 Å². The number of fused-ring (bicyclic) bond motifs is 1. The van der Waals surface area contributed by atoms with E-state index in [0.29, 0.717) is 0 Å². The van der Waals surface area contributed by atoms with E-state index in [2.05, 4.69) is 48.4 Å². The van der Waals surface area contributed by atoms with Gasteiger partial charge >= 0.3 is 0 Å². The highest BCUT2D eigenvalue weighted by molar-refractivity contribution is 5.84. The fourth-order valence-electron chi connectivity index (χ4n) is 1.86. The number of rotatable bonds is 3. The van der Waals surface area contributed by atoms with Crippen LogP contribution in [0.5, 0.6) is 0 Å². The molecule has 1 aromatic heterocycles. The standard InChI is InChI=1S/C14H19N3/c1-9-4-5-13-12(6-9)10(2)7-14(17-13)16-8-11(3)15/h4-7,11H,8,15H2,1-3H3,(H,16,17). The Morgan fingerprint density at radius 1 is 1.29 bits per heavy atom. The molecule has 0 radical (unpaired) electrons. The Morgan fingerprint density at radius 3 is 2.76 bits per heavy atom. The largest absolute Gasteiger partial charge is 0.369 e. The summed E-state index contributed by atoms with van der Waals surface area (Å²) >= 11 is 0. The molecule has 3 heteroatoms. The normalized spacial score (nSPS) is 12.7. The van der Waals surface area contributed by atoms with Gasteiger partial charge in [-0.3, -0.25) is 0 Å². The molecule has 17 heavy (non-hydrogen) atoms. The number of anilines is 1. The van der Waals surface area contributed by atoms with Crippen LogP contribution in [0, 0.1) is 13.8 Å². The Morgan fingerprint density at radius 2 is 2.06 bits per heavy atom. The molecular formula is C14H19N3. The summed E-state index contributed by atoms with van der Waals surface area (Å²) in [6, 6.07) is 8.53. The summed E-state index contributed by atoms with van der Waals surface area (Å²) in [5, 5.41) is 4.47. The van der Waals surface area contributed by atoms with Crippen LogP contribution in [0.15, 0.2) is 24.3 Å². The van der Waals surface area contributed by atoms with E-state index in [9.17, 15) is 0 Å². The average Bonchev–Trinajstić information content (AvgIpc) is 2.27. The van der Waals surface area contributed by atoms with Crippen LogP contribution in [0.3, 0.4) is 0 Å². The molecule has 0 amide bonds. The molecule has 0 spiro atoms. The molecule has 0 aliphatic heterocycles. The summed E-state index contributed by atoms with van der Waals surface area (Å²) < 4.78 is 0. The lowest BCUT2D eigenvalue weighted by molar-refractivity contribution is 0.778. The zero-order chi connectivity index (χ0) is 12.4. The van der Waals surface area contributed by atoms with Crippen molar-refractivity contribution in [1.29, 1.82) is 0 Å². The number of nitrogens with two attached hydrogens (primary N) is 1. The molecule has 90 valence electrons. The summed E-state index contributed by atoms with van der Waals surface area (Å²) in [5.41, 5.74) is 9.26. The second kappa shape index (κ2) is 4.72.